The first-order valence-corrected chi connectivity index (χ1v) is 6.41. The van der Waals surface area contributed by atoms with Crippen LogP contribution in [-0.4, -0.2) is 25.8 Å². The molecule has 4 nitrogen and oxygen atoms in total. The Morgan fingerprint density at radius 1 is 1.11 bits per heavy atom. The van der Waals surface area contributed by atoms with E-state index in [0.717, 1.165) is 30.4 Å². The van der Waals surface area contributed by atoms with Gasteiger partial charge in [0, 0.05) is 6.08 Å². The predicted octanol–water partition coefficient (Wildman–Crippen LogP) is 2.97. The first-order valence-electron chi connectivity index (χ1n) is 6.41. The van der Waals surface area contributed by atoms with E-state index in [9.17, 15) is 4.79 Å². The van der Waals surface area contributed by atoms with Crippen LogP contribution in [-0.2, 0) is 9.53 Å². The van der Waals surface area contributed by atoms with E-state index >= 15 is 0 Å². The maximum Gasteiger partial charge on any atom is 0.330 e. The second-order valence-electron chi connectivity index (χ2n) is 3.83. The van der Waals surface area contributed by atoms with Crippen LogP contribution in [0.2, 0.25) is 0 Å². The molecule has 4 heteroatoms. The molecule has 0 amide bonds. The summed E-state index contributed by atoms with van der Waals surface area (Å²) in [5.74, 6) is 1.27. The van der Waals surface area contributed by atoms with Crippen molar-refractivity contribution in [2.75, 3.05) is 19.8 Å². The molecule has 0 unspecified atom stereocenters. The highest BCUT2D eigenvalue weighted by Crippen LogP contribution is 2.17. The Bertz CT molecular complexity index is 384. The number of carbonyl (C=O) groups is 1. The molecule has 0 radical (unpaired) electrons. The Labute approximate surface area is 114 Å². The van der Waals surface area contributed by atoms with E-state index in [-0.39, 0.29) is 5.97 Å². The van der Waals surface area contributed by atoms with Crippen LogP contribution in [0.3, 0.4) is 0 Å². The summed E-state index contributed by atoms with van der Waals surface area (Å²) in [5, 5.41) is 0. The summed E-state index contributed by atoms with van der Waals surface area (Å²) in [4.78, 5) is 10.8. The normalized spacial score (nSPS) is 9.74. The first-order chi connectivity index (χ1) is 9.26. The van der Waals surface area contributed by atoms with Gasteiger partial charge in [0.15, 0.2) is 0 Å². The smallest absolute Gasteiger partial charge is 0.330 e. The summed E-state index contributed by atoms with van der Waals surface area (Å²) in [6.45, 7) is 6.93. The number of rotatable bonds is 9. The van der Waals surface area contributed by atoms with Crippen LogP contribution < -0.4 is 9.47 Å². The summed E-state index contributed by atoms with van der Waals surface area (Å²) in [7, 11) is 0. The number of unbranched alkanes of at least 4 members (excludes halogenated alkanes) is 1. The van der Waals surface area contributed by atoms with Gasteiger partial charge in [0.2, 0.25) is 0 Å². The van der Waals surface area contributed by atoms with Gasteiger partial charge in [-0.15, -0.1) is 0 Å². The molecule has 0 heterocycles. The zero-order valence-electron chi connectivity index (χ0n) is 11.3. The zero-order chi connectivity index (χ0) is 13.9. The third-order valence-electron chi connectivity index (χ3n) is 2.35. The van der Waals surface area contributed by atoms with Crippen LogP contribution in [0.4, 0.5) is 0 Å². The minimum atomic E-state index is -0.382. The lowest BCUT2D eigenvalue weighted by molar-refractivity contribution is -0.137. The van der Waals surface area contributed by atoms with Crippen molar-refractivity contribution < 1.29 is 19.0 Å². The summed E-state index contributed by atoms with van der Waals surface area (Å²) >= 11 is 0. The van der Waals surface area contributed by atoms with Crippen molar-refractivity contribution in [3.63, 3.8) is 0 Å². The van der Waals surface area contributed by atoms with E-state index in [2.05, 4.69) is 6.58 Å². The average molecular weight is 264 g/mol. The van der Waals surface area contributed by atoms with Gasteiger partial charge >= 0.3 is 5.97 Å². The van der Waals surface area contributed by atoms with Crippen LogP contribution in [0.15, 0.2) is 36.9 Å². The SMILES string of the molecule is C=CC(=O)OCCCCOc1ccc(OCC)cc1. The van der Waals surface area contributed by atoms with Crippen LogP contribution in [0.5, 0.6) is 11.5 Å². The van der Waals surface area contributed by atoms with Crippen LogP contribution in [0.25, 0.3) is 0 Å². The van der Waals surface area contributed by atoms with E-state index < -0.39 is 0 Å². The van der Waals surface area contributed by atoms with Gasteiger partial charge in [-0.25, -0.2) is 4.79 Å². The highest BCUT2D eigenvalue weighted by Gasteiger charge is 1.97. The molecular formula is C15H20O4. The molecule has 19 heavy (non-hydrogen) atoms. The topological polar surface area (TPSA) is 44.8 Å². The molecule has 0 aromatic heterocycles. The third kappa shape index (κ3) is 6.50. The molecule has 1 aromatic carbocycles. The summed E-state index contributed by atoms with van der Waals surface area (Å²) in [6.07, 6.45) is 2.77. The standard InChI is InChI=1S/C15H20O4/c1-3-15(16)19-12-6-5-11-18-14-9-7-13(8-10-14)17-4-2/h3,7-10H,1,4-6,11-12H2,2H3. The fourth-order valence-corrected chi connectivity index (χ4v) is 1.42. The van der Waals surface area contributed by atoms with Crippen LogP contribution in [0.1, 0.15) is 19.8 Å². The molecular weight excluding hydrogens is 244 g/mol. The molecule has 0 atom stereocenters. The molecule has 1 aromatic rings. The van der Waals surface area contributed by atoms with E-state index in [1.807, 2.05) is 31.2 Å². The number of carbonyl (C=O) groups excluding carboxylic acids is 1. The summed E-state index contributed by atoms with van der Waals surface area (Å²) in [5.41, 5.74) is 0. The molecule has 0 aliphatic heterocycles. The molecule has 1 rings (SSSR count). The molecule has 0 N–H and O–H groups in total. The lowest BCUT2D eigenvalue weighted by Gasteiger charge is -2.07. The number of ether oxygens (including phenoxy) is 3. The lowest BCUT2D eigenvalue weighted by atomic mass is 10.3. The van der Waals surface area contributed by atoms with Crippen molar-refractivity contribution in [1.82, 2.24) is 0 Å². The number of benzene rings is 1. The molecule has 0 aliphatic carbocycles. The fraction of sp³-hybridized carbons (Fsp3) is 0.400. The third-order valence-corrected chi connectivity index (χ3v) is 2.35. The predicted molar refractivity (Wildman–Crippen MR) is 73.5 cm³/mol. The Balaban J connectivity index is 2.12. The highest BCUT2D eigenvalue weighted by atomic mass is 16.5. The Kier molecular flexibility index (Phi) is 7.17. The molecule has 0 saturated heterocycles. The minimum absolute atomic E-state index is 0.382. The van der Waals surface area contributed by atoms with Crippen LogP contribution >= 0.6 is 0 Å². The molecule has 0 fully saturated rings. The van der Waals surface area contributed by atoms with E-state index in [1.54, 1.807) is 0 Å². The van der Waals surface area contributed by atoms with Crippen molar-refractivity contribution in [2.45, 2.75) is 19.8 Å². The van der Waals surface area contributed by atoms with Gasteiger partial charge < -0.3 is 14.2 Å². The van der Waals surface area contributed by atoms with Gasteiger partial charge in [-0.3, -0.25) is 0 Å². The Morgan fingerprint density at radius 2 is 1.68 bits per heavy atom. The first kappa shape index (κ1) is 15.1. The monoisotopic (exact) mass is 264 g/mol. The quantitative estimate of drug-likeness (QED) is 0.391. The molecule has 0 spiro atoms. The van der Waals surface area contributed by atoms with Gasteiger partial charge in [0.1, 0.15) is 11.5 Å². The summed E-state index contributed by atoms with van der Waals surface area (Å²) in [6, 6.07) is 7.51. The largest absolute Gasteiger partial charge is 0.494 e. The van der Waals surface area contributed by atoms with Gasteiger partial charge in [0.25, 0.3) is 0 Å². The zero-order valence-corrected chi connectivity index (χ0v) is 11.3. The van der Waals surface area contributed by atoms with Gasteiger partial charge in [-0.05, 0) is 44.0 Å². The second-order valence-corrected chi connectivity index (χ2v) is 3.83. The number of esters is 1. The molecule has 0 bridgehead atoms. The molecule has 0 aliphatic rings. The van der Waals surface area contributed by atoms with Crippen molar-refractivity contribution in [3.05, 3.63) is 36.9 Å². The van der Waals surface area contributed by atoms with Gasteiger partial charge in [-0.2, -0.15) is 0 Å². The van der Waals surface area contributed by atoms with Crippen molar-refractivity contribution in [3.8, 4) is 11.5 Å². The summed E-state index contributed by atoms with van der Waals surface area (Å²) < 4.78 is 15.8. The van der Waals surface area contributed by atoms with Gasteiger partial charge in [-0.1, -0.05) is 6.58 Å². The maximum atomic E-state index is 10.8. The highest BCUT2D eigenvalue weighted by molar-refractivity contribution is 5.81. The van der Waals surface area contributed by atoms with E-state index in [1.165, 1.54) is 0 Å². The van der Waals surface area contributed by atoms with Crippen molar-refractivity contribution in [1.29, 1.82) is 0 Å². The average Bonchev–Trinajstić information content (AvgIpc) is 2.44. The molecule has 104 valence electrons. The maximum absolute atomic E-state index is 10.8. The van der Waals surface area contributed by atoms with Gasteiger partial charge in [0.05, 0.1) is 19.8 Å². The lowest BCUT2D eigenvalue weighted by Crippen LogP contribution is -2.04. The second kappa shape index (κ2) is 9.03. The number of hydrogen-bond acceptors (Lipinski definition) is 4. The van der Waals surface area contributed by atoms with Crippen LogP contribution in [0, 0.1) is 0 Å². The minimum Gasteiger partial charge on any atom is -0.494 e. The molecule has 0 saturated carbocycles. The Hall–Kier alpha value is -1.97. The van der Waals surface area contributed by atoms with Crippen molar-refractivity contribution in [2.24, 2.45) is 0 Å². The number of hydrogen-bond donors (Lipinski definition) is 0. The fourth-order valence-electron chi connectivity index (χ4n) is 1.42. The van der Waals surface area contributed by atoms with E-state index in [4.69, 9.17) is 14.2 Å². The van der Waals surface area contributed by atoms with E-state index in [0.29, 0.717) is 19.8 Å². The Morgan fingerprint density at radius 3 is 2.26 bits per heavy atom. The van der Waals surface area contributed by atoms with Crippen molar-refractivity contribution >= 4 is 5.97 Å².